The van der Waals surface area contributed by atoms with Crippen LogP contribution in [0.2, 0.25) is 10.0 Å². The molecule has 0 radical (unpaired) electrons. The van der Waals surface area contributed by atoms with Gasteiger partial charge in [-0.15, -0.1) is 0 Å². The van der Waals surface area contributed by atoms with Crippen LogP contribution in [0, 0.1) is 0 Å². The smallest absolute Gasteiger partial charge is 0.254 e. The van der Waals surface area contributed by atoms with Crippen LogP contribution < -0.4 is 5.32 Å². The van der Waals surface area contributed by atoms with Crippen LogP contribution in [-0.2, 0) is 0 Å². The van der Waals surface area contributed by atoms with E-state index < -0.39 is 0 Å². The topological polar surface area (TPSA) is 32.3 Å². The molecule has 1 amide bonds. The molecule has 1 saturated carbocycles. The van der Waals surface area contributed by atoms with Gasteiger partial charge >= 0.3 is 0 Å². The van der Waals surface area contributed by atoms with Gasteiger partial charge in [0.05, 0.1) is 15.6 Å². The predicted molar refractivity (Wildman–Crippen MR) is 86.2 cm³/mol. The zero-order valence-electron chi connectivity index (χ0n) is 12.0. The Labute approximate surface area is 135 Å². The average molecular weight is 327 g/mol. The molecule has 1 N–H and O–H groups in total. The molecular formula is C16H20Cl2N2O. The van der Waals surface area contributed by atoms with Crippen LogP contribution in [-0.4, -0.2) is 36.0 Å². The molecule has 5 heteroatoms. The van der Waals surface area contributed by atoms with E-state index in [1.54, 1.807) is 18.2 Å². The first kappa shape index (κ1) is 15.1. The van der Waals surface area contributed by atoms with E-state index in [4.69, 9.17) is 23.2 Å². The van der Waals surface area contributed by atoms with E-state index in [2.05, 4.69) is 10.2 Å². The van der Waals surface area contributed by atoms with Crippen LogP contribution in [0.5, 0.6) is 0 Å². The number of benzene rings is 1. The molecule has 0 bridgehead atoms. The quantitative estimate of drug-likeness (QED) is 0.852. The van der Waals surface area contributed by atoms with Crippen molar-refractivity contribution in [2.24, 2.45) is 0 Å². The standard InChI is InChI=1S/C16H20Cl2N2O/c17-13-5-4-12(10-14(13)18)15(21)20-9-8-19-11-16(20)6-2-1-3-7-16/h4-5,10,19H,1-3,6-9,11H2. The summed E-state index contributed by atoms with van der Waals surface area (Å²) in [6.45, 7) is 2.52. The lowest BCUT2D eigenvalue weighted by Crippen LogP contribution is -2.63. The first-order valence-electron chi connectivity index (χ1n) is 7.60. The van der Waals surface area contributed by atoms with Gasteiger partial charge in [-0.3, -0.25) is 4.79 Å². The number of carbonyl (C=O) groups is 1. The number of piperazine rings is 1. The van der Waals surface area contributed by atoms with Crippen molar-refractivity contribution in [2.45, 2.75) is 37.6 Å². The predicted octanol–water partition coefficient (Wildman–Crippen LogP) is 3.74. The number of hydrogen-bond acceptors (Lipinski definition) is 2. The lowest BCUT2D eigenvalue weighted by Gasteiger charge is -2.49. The summed E-state index contributed by atoms with van der Waals surface area (Å²) in [6, 6.07) is 5.16. The monoisotopic (exact) mass is 326 g/mol. The zero-order chi connectivity index (χ0) is 14.9. The van der Waals surface area contributed by atoms with Gasteiger partial charge in [0, 0.05) is 25.2 Å². The Morgan fingerprint density at radius 1 is 1.14 bits per heavy atom. The van der Waals surface area contributed by atoms with Crippen LogP contribution in [0.1, 0.15) is 42.5 Å². The molecule has 0 aromatic heterocycles. The van der Waals surface area contributed by atoms with Crippen molar-refractivity contribution in [1.29, 1.82) is 0 Å². The summed E-state index contributed by atoms with van der Waals surface area (Å²) in [7, 11) is 0. The average Bonchev–Trinajstić information content (AvgIpc) is 2.51. The second-order valence-electron chi connectivity index (χ2n) is 6.05. The van der Waals surface area contributed by atoms with Crippen LogP contribution in [0.3, 0.4) is 0 Å². The Kier molecular flexibility index (Phi) is 4.43. The molecular weight excluding hydrogens is 307 g/mol. The van der Waals surface area contributed by atoms with Gasteiger partial charge in [0.25, 0.3) is 5.91 Å². The van der Waals surface area contributed by atoms with Gasteiger partial charge in [-0.2, -0.15) is 0 Å². The lowest BCUT2D eigenvalue weighted by molar-refractivity contribution is 0.0222. The molecule has 1 aliphatic carbocycles. The van der Waals surface area contributed by atoms with E-state index in [-0.39, 0.29) is 11.4 Å². The SMILES string of the molecule is O=C(c1ccc(Cl)c(Cl)c1)N1CCNCC12CCCCC2. The van der Waals surface area contributed by atoms with E-state index in [9.17, 15) is 4.79 Å². The first-order valence-corrected chi connectivity index (χ1v) is 8.36. The third-order valence-electron chi connectivity index (χ3n) is 4.73. The molecule has 114 valence electrons. The Bertz CT molecular complexity index is 533. The minimum Gasteiger partial charge on any atom is -0.330 e. The van der Waals surface area contributed by atoms with Gasteiger partial charge in [-0.25, -0.2) is 0 Å². The summed E-state index contributed by atoms with van der Waals surface area (Å²) >= 11 is 12.0. The maximum Gasteiger partial charge on any atom is 0.254 e. The molecule has 2 fully saturated rings. The van der Waals surface area contributed by atoms with Crippen molar-refractivity contribution in [1.82, 2.24) is 10.2 Å². The Balaban J connectivity index is 1.88. The molecule has 1 aromatic rings. The van der Waals surface area contributed by atoms with Gasteiger partial charge in [0.2, 0.25) is 0 Å². The molecule has 21 heavy (non-hydrogen) atoms. The van der Waals surface area contributed by atoms with Crippen molar-refractivity contribution in [3.05, 3.63) is 33.8 Å². The van der Waals surface area contributed by atoms with Crippen molar-refractivity contribution in [2.75, 3.05) is 19.6 Å². The zero-order valence-corrected chi connectivity index (χ0v) is 13.5. The van der Waals surface area contributed by atoms with Crippen molar-refractivity contribution in [3.63, 3.8) is 0 Å². The fourth-order valence-electron chi connectivity index (χ4n) is 3.60. The third-order valence-corrected chi connectivity index (χ3v) is 5.47. The van der Waals surface area contributed by atoms with Gasteiger partial charge in [-0.05, 0) is 31.0 Å². The second-order valence-corrected chi connectivity index (χ2v) is 6.86. The Morgan fingerprint density at radius 2 is 1.90 bits per heavy atom. The highest BCUT2D eigenvalue weighted by molar-refractivity contribution is 6.42. The van der Waals surface area contributed by atoms with Crippen molar-refractivity contribution in [3.8, 4) is 0 Å². The molecule has 0 unspecified atom stereocenters. The Hall–Kier alpha value is -0.770. The van der Waals surface area contributed by atoms with E-state index in [0.717, 1.165) is 32.5 Å². The van der Waals surface area contributed by atoms with E-state index in [0.29, 0.717) is 15.6 Å². The minimum absolute atomic E-state index is 0.0142. The molecule has 3 nitrogen and oxygen atoms in total. The van der Waals surface area contributed by atoms with Gasteiger partial charge < -0.3 is 10.2 Å². The fraction of sp³-hybridized carbons (Fsp3) is 0.562. The highest BCUT2D eigenvalue weighted by Gasteiger charge is 2.42. The highest BCUT2D eigenvalue weighted by Crippen LogP contribution is 2.36. The number of amides is 1. The molecule has 0 atom stereocenters. The maximum atomic E-state index is 12.9. The van der Waals surface area contributed by atoms with Gasteiger partial charge in [-0.1, -0.05) is 42.5 Å². The number of halogens is 2. The van der Waals surface area contributed by atoms with Crippen molar-refractivity contribution >= 4 is 29.1 Å². The summed E-state index contributed by atoms with van der Waals surface area (Å²) in [6.07, 6.45) is 5.86. The summed E-state index contributed by atoms with van der Waals surface area (Å²) in [5.41, 5.74) is 0.621. The summed E-state index contributed by atoms with van der Waals surface area (Å²) in [4.78, 5) is 15.0. The molecule has 1 aliphatic heterocycles. The number of nitrogens with zero attached hydrogens (tertiary/aromatic N) is 1. The summed E-state index contributed by atoms with van der Waals surface area (Å²) in [5, 5.41) is 4.39. The third kappa shape index (κ3) is 2.92. The maximum absolute atomic E-state index is 12.9. The molecule has 1 heterocycles. The number of nitrogens with one attached hydrogen (secondary N) is 1. The highest BCUT2D eigenvalue weighted by atomic mass is 35.5. The summed E-state index contributed by atoms with van der Waals surface area (Å²) < 4.78 is 0. The van der Waals surface area contributed by atoms with Crippen molar-refractivity contribution < 1.29 is 4.79 Å². The summed E-state index contributed by atoms with van der Waals surface area (Å²) in [5.74, 6) is 0.0805. The number of carbonyl (C=O) groups excluding carboxylic acids is 1. The molecule has 1 saturated heterocycles. The Morgan fingerprint density at radius 3 is 2.62 bits per heavy atom. The molecule has 1 spiro atoms. The molecule has 2 aliphatic rings. The largest absolute Gasteiger partial charge is 0.330 e. The number of rotatable bonds is 1. The molecule has 1 aromatic carbocycles. The van der Waals surface area contributed by atoms with E-state index in [1.807, 2.05) is 0 Å². The van der Waals surface area contributed by atoms with Crippen LogP contribution in [0.25, 0.3) is 0 Å². The first-order chi connectivity index (χ1) is 10.1. The van der Waals surface area contributed by atoms with Crippen LogP contribution >= 0.6 is 23.2 Å². The van der Waals surface area contributed by atoms with Gasteiger partial charge in [0.1, 0.15) is 0 Å². The second kappa shape index (κ2) is 6.15. The van der Waals surface area contributed by atoms with Crippen LogP contribution in [0.4, 0.5) is 0 Å². The molecule has 3 rings (SSSR count). The van der Waals surface area contributed by atoms with Gasteiger partial charge in [0.15, 0.2) is 0 Å². The normalized spacial score (nSPS) is 21.5. The van der Waals surface area contributed by atoms with E-state index in [1.165, 1.54) is 19.3 Å². The minimum atomic E-state index is -0.0142. The van der Waals surface area contributed by atoms with E-state index >= 15 is 0 Å². The van der Waals surface area contributed by atoms with Crippen LogP contribution in [0.15, 0.2) is 18.2 Å². The number of hydrogen-bond donors (Lipinski definition) is 1. The fourth-order valence-corrected chi connectivity index (χ4v) is 3.90. The lowest BCUT2D eigenvalue weighted by atomic mass is 9.78.